The van der Waals surface area contributed by atoms with Crippen LogP contribution in [0.2, 0.25) is 101 Å². The van der Waals surface area contributed by atoms with Gasteiger partial charge in [0.1, 0.15) is 0 Å². The van der Waals surface area contributed by atoms with Gasteiger partial charge in [-0.25, -0.2) is 0 Å². The molecule has 0 aliphatic rings. The van der Waals surface area contributed by atoms with E-state index in [2.05, 4.69) is 52.4 Å². The number of rotatable bonds is 20. The molecule has 0 amide bonds. The second-order valence-electron chi connectivity index (χ2n) is 14.1. The van der Waals surface area contributed by atoms with E-state index >= 15 is 0 Å². The Morgan fingerprint density at radius 2 is 0.515 bits per heavy atom. The van der Waals surface area contributed by atoms with Crippen molar-refractivity contribution >= 4 is 86.8 Å². The molecule has 0 unspecified atom stereocenters. The number of halogens is 4. The molecule has 0 spiro atoms. The molecule has 0 heterocycles. The van der Waals surface area contributed by atoms with Gasteiger partial charge in [0.05, 0.1) is 40.4 Å². The highest BCUT2D eigenvalue weighted by molar-refractivity contribution is 6.85. The van der Waals surface area contributed by atoms with Crippen LogP contribution in [0, 0.1) is 0 Å². The molecule has 0 aliphatic heterocycles. The number of hydrogen-bond donors (Lipinski definition) is 0. The summed E-state index contributed by atoms with van der Waals surface area (Å²) in [4.78, 5) is 0. The summed E-state index contributed by atoms with van der Waals surface area (Å²) in [6.45, 7) is 19.8. The van der Waals surface area contributed by atoms with Gasteiger partial charge in [-0.3, -0.25) is 0 Å². The molecule has 200 valence electrons. The summed E-state index contributed by atoms with van der Waals surface area (Å²) in [5.74, 6) is 0. The van der Waals surface area contributed by atoms with Crippen LogP contribution in [0.25, 0.3) is 0 Å². The average molecular weight is 627 g/mol. The predicted octanol–water partition coefficient (Wildman–Crippen LogP) is 10.9. The van der Waals surface area contributed by atoms with Gasteiger partial charge >= 0.3 is 0 Å². The van der Waals surface area contributed by atoms with E-state index in [1.165, 1.54) is 74.0 Å². The monoisotopic (exact) mass is 624 g/mol. The summed E-state index contributed by atoms with van der Waals surface area (Å²) in [7, 11) is -6.22. The Bertz CT molecular complexity index is 433. The lowest BCUT2D eigenvalue weighted by Gasteiger charge is -2.36. The predicted molar refractivity (Wildman–Crippen MR) is 175 cm³/mol. The van der Waals surface area contributed by atoms with Crippen molar-refractivity contribution in [2.75, 3.05) is 22.0 Å². The third-order valence-corrected chi connectivity index (χ3v) is 31.8. The Hall–Kier alpha value is 2.24. The Kier molecular flexibility index (Phi) is 17.4. The molecule has 0 aromatic carbocycles. The van der Waals surface area contributed by atoms with E-state index in [1.807, 2.05) is 0 Å². The Morgan fingerprint density at radius 1 is 0.333 bits per heavy atom. The largest absolute Gasteiger partial charge is 0.130 e. The van der Waals surface area contributed by atoms with Crippen molar-refractivity contribution in [3.8, 4) is 0 Å². The number of hydrogen-bond acceptors (Lipinski definition) is 0. The molecule has 0 fully saturated rings. The van der Waals surface area contributed by atoms with Gasteiger partial charge in [-0.05, 0) is 0 Å². The first kappa shape index (κ1) is 35.2. The van der Waals surface area contributed by atoms with Crippen molar-refractivity contribution in [3.05, 3.63) is 0 Å². The quantitative estimate of drug-likeness (QED) is 0.0932. The zero-order valence-electron chi connectivity index (χ0n) is 23.3. The minimum Gasteiger partial charge on any atom is -0.130 e. The standard InChI is InChI=1S/C24H56Cl4Si5/c1-29(2,21-25)13-9-17-33(18-10-14-30(3,4)22-26,19-11-15-31(5,6)23-27)20-12-16-32(7,8)24-28/h9-24H2,1-8H3. The Balaban J connectivity index is 5.51. The van der Waals surface area contributed by atoms with Crippen LogP contribution in [0.5, 0.6) is 0 Å². The fraction of sp³-hybridized carbons (Fsp3) is 1.00. The summed E-state index contributed by atoms with van der Waals surface area (Å²) in [6, 6.07) is 11.7. The Morgan fingerprint density at radius 3 is 0.667 bits per heavy atom. The van der Waals surface area contributed by atoms with Gasteiger partial charge < -0.3 is 0 Å². The van der Waals surface area contributed by atoms with Crippen molar-refractivity contribution < 1.29 is 0 Å². The molecular weight excluding hydrogens is 571 g/mol. The second kappa shape index (κ2) is 16.3. The first-order chi connectivity index (χ1) is 15.1. The topological polar surface area (TPSA) is 0 Å². The first-order valence-corrected chi connectivity index (χ1v) is 31.9. The lowest BCUT2D eigenvalue weighted by molar-refractivity contribution is 0.862. The highest BCUT2D eigenvalue weighted by atomic mass is 35.5. The molecule has 0 rings (SSSR count). The van der Waals surface area contributed by atoms with E-state index in [0.717, 1.165) is 22.0 Å². The number of alkyl halides is 4. The maximum atomic E-state index is 6.34. The molecule has 0 atom stereocenters. The van der Waals surface area contributed by atoms with Crippen molar-refractivity contribution in [3.63, 3.8) is 0 Å². The molecule has 0 aromatic rings. The second-order valence-corrected chi connectivity index (χ2v) is 42.7. The fourth-order valence-electron chi connectivity index (χ4n) is 4.79. The van der Waals surface area contributed by atoms with Gasteiger partial charge in [0.15, 0.2) is 0 Å². The molecule has 0 N–H and O–H groups in total. The van der Waals surface area contributed by atoms with Gasteiger partial charge in [0.2, 0.25) is 0 Å². The van der Waals surface area contributed by atoms with Crippen molar-refractivity contribution in [2.45, 2.75) is 126 Å². The van der Waals surface area contributed by atoms with Crippen molar-refractivity contribution in [1.82, 2.24) is 0 Å². The lowest BCUT2D eigenvalue weighted by atomic mass is 10.5. The zero-order valence-corrected chi connectivity index (χ0v) is 31.3. The van der Waals surface area contributed by atoms with Crippen molar-refractivity contribution in [1.29, 1.82) is 0 Å². The van der Waals surface area contributed by atoms with E-state index in [9.17, 15) is 0 Å². The van der Waals surface area contributed by atoms with Crippen LogP contribution in [-0.2, 0) is 0 Å². The van der Waals surface area contributed by atoms with Gasteiger partial charge in [-0.1, -0.05) is 126 Å². The normalized spacial score (nSPS) is 14.2. The van der Waals surface area contributed by atoms with E-state index < -0.39 is 40.4 Å². The third-order valence-electron chi connectivity index (χ3n) is 7.69. The molecule has 0 bridgehead atoms. The molecular formula is C24H56Cl4Si5. The molecule has 0 aromatic heterocycles. The first-order valence-electron chi connectivity index (χ1n) is 13.3. The van der Waals surface area contributed by atoms with Crippen LogP contribution in [-0.4, -0.2) is 62.4 Å². The molecule has 33 heavy (non-hydrogen) atoms. The van der Waals surface area contributed by atoms with Crippen LogP contribution >= 0.6 is 46.4 Å². The van der Waals surface area contributed by atoms with E-state index in [1.54, 1.807) is 0 Å². The summed E-state index contributed by atoms with van der Waals surface area (Å²) < 4.78 is 0. The maximum Gasteiger partial charge on any atom is 0.0639 e. The maximum absolute atomic E-state index is 6.34. The van der Waals surface area contributed by atoms with Gasteiger partial charge in [-0.2, -0.15) is 0 Å². The molecule has 0 nitrogen and oxygen atoms in total. The minimum atomic E-state index is -1.33. The minimum absolute atomic E-state index is 0.905. The zero-order chi connectivity index (χ0) is 25.8. The lowest BCUT2D eigenvalue weighted by Crippen LogP contribution is -2.38. The average Bonchev–Trinajstić information content (AvgIpc) is 2.73. The van der Waals surface area contributed by atoms with E-state index in [0.29, 0.717) is 0 Å². The molecule has 0 radical (unpaired) electrons. The van der Waals surface area contributed by atoms with Crippen LogP contribution in [0.3, 0.4) is 0 Å². The van der Waals surface area contributed by atoms with Crippen LogP contribution in [0.4, 0.5) is 0 Å². The Labute approximate surface area is 233 Å². The van der Waals surface area contributed by atoms with Gasteiger partial charge in [0.25, 0.3) is 0 Å². The summed E-state index contributed by atoms with van der Waals surface area (Å²) >= 11 is 25.4. The smallest absolute Gasteiger partial charge is 0.0639 e. The van der Waals surface area contributed by atoms with E-state index in [4.69, 9.17) is 46.4 Å². The van der Waals surface area contributed by atoms with Crippen LogP contribution < -0.4 is 0 Å². The van der Waals surface area contributed by atoms with Crippen LogP contribution in [0.1, 0.15) is 25.7 Å². The summed E-state index contributed by atoms with van der Waals surface area (Å²) in [5, 5.41) is 0. The van der Waals surface area contributed by atoms with E-state index in [-0.39, 0.29) is 0 Å². The fourth-order valence-corrected chi connectivity index (χ4v) is 18.1. The summed E-state index contributed by atoms with van der Waals surface area (Å²) in [5.41, 5.74) is 3.62. The molecule has 0 saturated heterocycles. The highest BCUT2D eigenvalue weighted by Gasteiger charge is 2.35. The third kappa shape index (κ3) is 16.6. The summed E-state index contributed by atoms with van der Waals surface area (Å²) in [6.07, 6.45) is 5.67. The van der Waals surface area contributed by atoms with Crippen molar-refractivity contribution in [2.24, 2.45) is 0 Å². The molecule has 0 saturated carbocycles. The highest BCUT2D eigenvalue weighted by Crippen LogP contribution is 2.37. The SMILES string of the molecule is C[Si](C)(CCl)CCC[Si](CCC[Si](C)(C)CCl)(CCC[Si](C)(C)CCl)CCC[Si](C)(C)CCl. The molecule has 0 aliphatic carbocycles. The van der Waals surface area contributed by atoms with Gasteiger partial charge in [0, 0.05) is 22.0 Å². The van der Waals surface area contributed by atoms with Gasteiger partial charge in [-0.15, -0.1) is 46.4 Å². The molecule has 9 heteroatoms. The van der Waals surface area contributed by atoms with Crippen LogP contribution in [0.15, 0.2) is 0 Å².